The molecule has 3 rings (SSSR count). The maximum Gasteiger partial charge on any atom is 0.254 e. The number of nitrogens with zero attached hydrogens (tertiary/aromatic N) is 2. The van der Waals surface area contributed by atoms with Gasteiger partial charge in [-0.1, -0.05) is 0 Å². The lowest BCUT2D eigenvalue weighted by atomic mass is 10.1. The highest BCUT2D eigenvalue weighted by Crippen LogP contribution is 2.39. The van der Waals surface area contributed by atoms with E-state index < -0.39 is 0 Å². The summed E-state index contributed by atoms with van der Waals surface area (Å²) in [7, 11) is 0. The molecule has 8 nitrogen and oxygen atoms in total. The van der Waals surface area contributed by atoms with Crippen molar-refractivity contribution in [3.05, 3.63) is 17.7 Å². The molecule has 1 aromatic rings. The Hall–Kier alpha value is -2.48. The molecule has 0 atom stereocenters. The molecule has 2 fully saturated rings. The van der Waals surface area contributed by atoms with E-state index in [1.807, 2.05) is 25.7 Å². The Morgan fingerprint density at radius 3 is 2.00 bits per heavy atom. The van der Waals surface area contributed by atoms with Crippen molar-refractivity contribution >= 4 is 11.8 Å². The van der Waals surface area contributed by atoms with Gasteiger partial charge in [-0.2, -0.15) is 0 Å². The van der Waals surface area contributed by atoms with Crippen molar-refractivity contribution in [1.82, 2.24) is 15.1 Å². The number of hydrogen-bond donors (Lipinski definition) is 1. The second kappa shape index (κ2) is 10.5. The molecule has 0 aromatic heterocycles. The molecule has 1 aliphatic carbocycles. The van der Waals surface area contributed by atoms with Crippen molar-refractivity contribution in [2.24, 2.45) is 0 Å². The lowest BCUT2D eigenvalue weighted by Crippen LogP contribution is -2.51. The van der Waals surface area contributed by atoms with Crippen LogP contribution in [-0.2, 0) is 4.79 Å². The summed E-state index contributed by atoms with van der Waals surface area (Å²) >= 11 is 0. The Kier molecular flexibility index (Phi) is 7.79. The zero-order valence-corrected chi connectivity index (χ0v) is 18.2. The molecule has 1 saturated heterocycles. The average Bonchev–Trinajstić information content (AvgIpc) is 3.54. The van der Waals surface area contributed by atoms with Crippen molar-refractivity contribution in [2.75, 3.05) is 52.5 Å². The van der Waals surface area contributed by atoms with E-state index in [-0.39, 0.29) is 11.8 Å². The van der Waals surface area contributed by atoms with Crippen molar-refractivity contribution < 1.29 is 23.8 Å². The molecule has 166 valence electrons. The minimum Gasteiger partial charge on any atom is -0.490 e. The maximum atomic E-state index is 13.1. The molecular weight excluding hydrogens is 386 g/mol. The van der Waals surface area contributed by atoms with Gasteiger partial charge in [0.05, 0.1) is 26.4 Å². The Labute approximate surface area is 178 Å². The fraction of sp³-hybridized carbons (Fsp3) is 0.636. The summed E-state index contributed by atoms with van der Waals surface area (Å²) < 4.78 is 17.2. The van der Waals surface area contributed by atoms with Crippen LogP contribution in [0, 0.1) is 0 Å². The largest absolute Gasteiger partial charge is 0.490 e. The van der Waals surface area contributed by atoms with E-state index >= 15 is 0 Å². The number of carbonyl (C=O) groups is 2. The molecule has 2 aliphatic rings. The average molecular weight is 420 g/mol. The van der Waals surface area contributed by atoms with Crippen LogP contribution in [0.3, 0.4) is 0 Å². The van der Waals surface area contributed by atoms with Gasteiger partial charge < -0.3 is 24.4 Å². The van der Waals surface area contributed by atoms with Gasteiger partial charge in [-0.15, -0.1) is 0 Å². The van der Waals surface area contributed by atoms with Gasteiger partial charge in [0.25, 0.3) is 5.91 Å². The van der Waals surface area contributed by atoms with Crippen LogP contribution in [0.1, 0.15) is 44.0 Å². The molecule has 0 spiro atoms. The van der Waals surface area contributed by atoms with E-state index in [9.17, 15) is 9.59 Å². The molecule has 0 unspecified atom stereocenters. The number of nitrogens with one attached hydrogen (secondary N) is 1. The number of rotatable bonds is 10. The number of carbonyl (C=O) groups excluding carboxylic acids is 2. The van der Waals surface area contributed by atoms with Crippen LogP contribution < -0.4 is 19.5 Å². The summed E-state index contributed by atoms with van der Waals surface area (Å²) in [5.74, 6) is 1.57. The number of amides is 2. The van der Waals surface area contributed by atoms with Gasteiger partial charge >= 0.3 is 0 Å². The Balaban J connectivity index is 1.66. The van der Waals surface area contributed by atoms with Crippen LogP contribution in [0.15, 0.2) is 12.1 Å². The fourth-order valence-corrected chi connectivity index (χ4v) is 3.51. The van der Waals surface area contributed by atoms with Crippen molar-refractivity contribution in [3.63, 3.8) is 0 Å². The fourth-order valence-electron chi connectivity index (χ4n) is 3.51. The van der Waals surface area contributed by atoms with Crippen LogP contribution >= 0.6 is 0 Å². The van der Waals surface area contributed by atoms with Gasteiger partial charge in [-0.05, 0) is 45.7 Å². The van der Waals surface area contributed by atoms with E-state index in [2.05, 4.69) is 10.2 Å². The standard InChI is InChI=1S/C22H33N3O5/c1-4-28-18-13-16(14-19(29-5-2)21(18)30-6-3)22(27)25-11-9-24(10-12-25)15-20(26)23-17-7-8-17/h13-14,17H,4-12,15H2,1-3H3,(H,23,26). The van der Waals surface area contributed by atoms with E-state index in [0.717, 1.165) is 12.8 Å². The first-order valence-electron chi connectivity index (χ1n) is 10.9. The van der Waals surface area contributed by atoms with Gasteiger partial charge in [0.15, 0.2) is 11.5 Å². The second-order valence-corrected chi connectivity index (χ2v) is 7.51. The van der Waals surface area contributed by atoms with E-state index in [4.69, 9.17) is 14.2 Å². The maximum absolute atomic E-state index is 13.1. The van der Waals surface area contributed by atoms with Crippen LogP contribution in [0.25, 0.3) is 0 Å². The summed E-state index contributed by atoms with van der Waals surface area (Å²) in [4.78, 5) is 29.1. The van der Waals surface area contributed by atoms with Crippen LogP contribution in [0.5, 0.6) is 17.2 Å². The lowest BCUT2D eigenvalue weighted by molar-refractivity contribution is -0.122. The van der Waals surface area contributed by atoms with E-state index in [1.165, 1.54) is 0 Å². The first-order valence-corrected chi connectivity index (χ1v) is 10.9. The summed E-state index contributed by atoms with van der Waals surface area (Å²) in [6.45, 7) is 9.99. The minimum absolute atomic E-state index is 0.0676. The van der Waals surface area contributed by atoms with E-state index in [1.54, 1.807) is 12.1 Å². The molecule has 2 amide bonds. The van der Waals surface area contributed by atoms with Crippen LogP contribution in [0.4, 0.5) is 0 Å². The number of hydrogen-bond acceptors (Lipinski definition) is 6. The third-order valence-corrected chi connectivity index (χ3v) is 5.13. The second-order valence-electron chi connectivity index (χ2n) is 7.51. The first-order chi connectivity index (χ1) is 14.5. The first kappa shape index (κ1) is 22.2. The molecule has 1 heterocycles. The minimum atomic E-state index is -0.0676. The van der Waals surface area contributed by atoms with Gasteiger partial charge in [-0.3, -0.25) is 14.5 Å². The number of piperazine rings is 1. The highest BCUT2D eigenvalue weighted by Gasteiger charge is 2.27. The zero-order chi connectivity index (χ0) is 21.5. The third-order valence-electron chi connectivity index (χ3n) is 5.13. The van der Waals surface area contributed by atoms with Gasteiger partial charge in [0.2, 0.25) is 11.7 Å². The lowest BCUT2D eigenvalue weighted by Gasteiger charge is -2.34. The summed E-state index contributed by atoms with van der Waals surface area (Å²) in [5.41, 5.74) is 0.519. The number of ether oxygens (including phenoxy) is 3. The van der Waals surface area contributed by atoms with Crippen molar-refractivity contribution in [2.45, 2.75) is 39.7 Å². The Morgan fingerprint density at radius 2 is 1.50 bits per heavy atom. The molecule has 1 aliphatic heterocycles. The Bertz CT molecular complexity index is 715. The summed E-state index contributed by atoms with van der Waals surface area (Å²) in [6, 6.07) is 3.84. The SMILES string of the molecule is CCOc1cc(C(=O)N2CCN(CC(=O)NC3CC3)CC2)cc(OCC)c1OCC. The monoisotopic (exact) mass is 419 g/mol. The van der Waals surface area contributed by atoms with E-state index in [0.29, 0.717) is 81.4 Å². The number of benzene rings is 1. The molecule has 1 aromatic carbocycles. The van der Waals surface area contributed by atoms with Gasteiger partial charge in [0.1, 0.15) is 0 Å². The smallest absolute Gasteiger partial charge is 0.254 e. The normalized spacial score (nSPS) is 16.8. The molecule has 30 heavy (non-hydrogen) atoms. The van der Waals surface area contributed by atoms with Crippen LogP contribution in [-0.4, -0.2) is 80.2 Å². The molecule has 1 saturated carbocycles. The molecule has 0 bridgehead atoms. The Morgan fingerprint density at radius 1 is 0.933 bits per heavy atom. The third kappa shape index (κ3) is 5.78. The quantitative estimate of drug-likeness (QED) is 0.624. The molecule has 0 radical (unpaired) electrons. The van der Waals surface area contributed by atoms with Crippen LogP contribution in [0.2, 0.25) is 0 Å². The summed E-state index contributed by atoms with van der Waals surface area (Å²) in [5, 5.41) is 3.01. The molecular formula is C22H33N3O5. The van der Waals surface area contributed by atoms with Crippen molar-refractivity contribution in [3.8, 4) is 17.2 Å². The van der Waals surface area contributed by atoms with Gasteiger partial charge in [0, 0.05) is 37.8 Å². The van der Waals surface area contributed by atoms with Crippen molar-refractivity contribution in [1.29, 1.82) is 0 Å². The predicted molar refractivity (Wildman–Crippen MR) is 113 cm³/mol. The van der Waals surface area contributed by atoms with Gasteiger partial charge in [-0.25, -0.2) is 0 Å². The molecule has 1 N–H and O–H groups in total. The highest BCUT2D eigenvalue weighted by molar-refractivity contribution is 5.95. The predicted octanol–water partition coefficient (Wildman–Crippen LogP) is 1.92. The topological polar surface area (TPSA) is 80.3 Å². The molecule has 8 heteroatoms. The zero-order valence-electron chi connectivity index (χ0n) is 18.2. The highest BCUT2D eigenvalue weighted by atomic mass is 16.5. The summed E-state index contributed by atoms with van der Waals surface area (Å²) in [6.07, 6.45) is 2.17.